The maximum absolute atomic E-state index is 12.7. The van der Waals surface area contributed by atoms with Gasteiger partial charge in [-0.1, -0.05) is 47.5 Å². The molecule has 3 aromatic rings. The Bertz CT molecular complexity index is 1270. The molecule has 3 rings (SSSR count). The molecule has 7 heteroatoms. The minimum Gasteiger partial charge on any atom is -0.493 e. The van der Waals surface area contributed by atoms with E-state index in [0.29, 0.717) is 15.6 Å². The molecule has 0 amide bonds. The Hall–Kier alpha value is -3.08. The first-order valence-corrected chi connectivity index (χ1v) is 11.5. The highest BCUT2D eigenvalue weighted by atomic mass is 79.9. The van der Waals surface area contributed by atoms with Gasteiger partial charge in [-0.2, -0.15) is 13.7 Å². The third kappa shape index (κ3) is 5.35. The van der Waals surface area contributed by atoms with Crippen LogP contribution in [0.5, 0.6) is 11.5 Å². The van der Waals surface area contributed by atoms with Gasteiger partial charge in [-0.3, -0.25) is 0 Å². The van der Waals surface area contributed by atoms with Gasteiger partial charge in [-0.05, 0) is 71.2 Å². The number of rotatable bonds is 6. The summed E-state index contributed by atoms with van der Waals surface area (Å²) in [5.41, 5.74) is 3.94. The van der Waals surface area contributed by atoms with Crippen molar-refractivity contribution in [2.75, 3.05) is 7.11 Å². The van der Waals surface area contributed by atoms with Crippen molar-refractivity contribution < 1.29 is 17.3 Å². The Labute approximate surface area is 190 Å². The molecule has 0 unspecified atom stereocenters. The lowest BCUT2D eigenvalue weighted by atomic mass is 10.0. The third-order valence-electron chi connectivity index (χ3n) is 4.55. The molecule has 0 saturated heterocycles. The van der Waals surface area contributed by atoms with E-state index in [9.17, 15) is 13.7 Å². The van der Waals surface area contributed by atoms with Crippen LogP contribution in [0.25, 0.3) is 11.6 Å². The molecule has 31 heavy (non-hydrogen) atoms. The molecular formula is C24H20BrNO4S. The molecule has 0 atom stereocenters. The Kier molecular flexibility index (Phi) is 6.84. The lowest BCUT2D eigenvalue weighted by Gasteiger charge is -2.14. The molecule has 0 aliphatic heterocycles. The lowest BCUT2D eigenvalue weighted by molar-refractivity contribution is 0.389. The molecule has 5 nitrogen and oxygen atoms in total. The summed E-state index contributed by atoms with van der Waals surface area (Å²) in [5, 5.41) is 9.59. The fraction of sp³-hybridized carbons (Fsp3) is 0.125. The molecule has 3 aromatic carbocycles. The van der Waals surface area contributed by atoms with Gasteiger partial charge in [0.1, 0.15) is 4.90 Å². The SMILES string of the molecule is COc1cc(/C=C(\C#N)c2ccc(C)cc2)cc(Br)c1OS(=O)(=O)c1ccc(C)cc1. The van der Waals surface area contributed by atoms with Crippen molar-refractivity contribution in [3.8, 4) is 17.6 Å². The fourth-order valence-corrected chi connectivity index (χ4v) is 4.45. The molecule has 0 fully saturated rings. The highest BCUT2D eigenvalue weighted by molar-refractivity contribution is 9.10. The number of nitriles is 1. The summed E-state index contributed by atoms with van der Waals surface area (Å²) in [6, 6.07) is 19.5. The molecular weight excluding hydrogens is 478 g/mol. The topological polar surface area (TPSA) is 76.4 Å². The number of aryl methyl sites for hydroxylation is 2. The predicted molar refractivity (Wildman–Crippen MR) is 124 cm³/mol. The maximum Gasteiger partial charge on any atom is 0.339 e. The van der Waals surface area contributed by atoms with Crippen LogP contribution in [-0.4, -0.2) is 15.5 Å². The Morgan fingerprint density at radius 3 is 2.13 bits per heavy atom. The highest BCUT2D eigenvalue weighted by Gasteiger charge is 2.22. The summed E-state index contributed by atoms with van der Waals surface area (Å²) in [7, 11) is -2.63. The molecule has 0 spiro atoms. The molecule has 158 valence electrons. The molecule has 0 aromatic heterocycles. The van der Waals surface area contributed by atoms with E-state index >= 15 is 0 Å². The average molecular weight is 498 g/mol. The van der Waals surface area contributed by atoms with E-state index < -0.39 is 10.1 Å². The summed E-state index contributed by atoms with van der Waals surface area (Å²) in [6.45, 7) is 3.85. The largest absolute Gasteiger partial charge is 0.493 e. The van der Waals surface area contributed by atoms with Crippen LogP contribution in [0.4, 0.5) is 0 Å². The number of halogens is 1. The molecule has 0 aliphatic carbocycles. The molecule has 0 N–H and O–H groups in total. The van der Waals surface area contributed by atoms with Crippen LogP contribution in [0.15, 0.2) is 70.0 Å². The number of hydrogen-bond donors (Lipinski definition) is 0. The van der Waals surface area contributed by atoms with Crippen LogP contribution in [0.3, 0.4) is 0 Å². The van der Waals surface area contributed by atoms with Crippen molar-refractivity contribution in [3.05, 3.63) is 87.4 Å². The van der Waals surface area contributed by atoms with Crippen molar-refractivity contribution in [2.45, 2.75) is 18.7 Å². The van der Waals surface area contributed by atoms with Crippen molar-refractivity contribution in [1.82, 2.24) is 0 Å². The number of ether oxygens (including phenoxy) is 1. The van der Waals surface area contributed by atoms with Gasteiger partial charge in [0, 0.05) is 0 Å². The van der Waals surface area contributed by atoms with Crippen LogP contribution < -0.4 is 8.92 Å². The second-order valence-electron chi connectivity index (χ2n) is 6.92. The monoisotopic (exact) mass is 497 g/mol. The van der Waals surface area contributed by atoms with Crippen LogP contribution in [-0.2, 0) is 10.1 Å². The first kappa shape index (κ1) is 22.6. The lowest BCUT2D eigenvalue weighted by Crippen LogP contribution is -2.11. The van der Waals surface area contributed by atoms with Gasteiger partial charge in [-0.25, -0.2) is 0 Å². The number of benzene rings is 3. The zero-order valence-electron chi connectivity index (χ0n) is 17.2. The Balaban J connectivity index is 1.99. The minimum atomic E-state index is -4.05. The van der Waals surface area contributed by atoms with E-state index in [4.69, 9.17) is 8.92 Å². The van der Waals surface area contributed by atoms with E-state index in [1.54, 1.807) is 30.3 Å². The number of methoxy groups -OCH3 is 1. The molecule has 0 bridgehead atoms. The molecule has 0 aliphatic rings. The van der Waals surface area contributed by atoms with Crippen molar-refractivity contribution in [2.24, 2.45) is 0 Å². The number of allylic oxidation sites excluding steroid dienone is 1. The molecule has 0 radical (unpaired) electrons. The van der Waals surface area contributed by atoms with Gasteiger partial charge in [0.05, 0.1) is 23.2 Å². The van der Waals surface area contributed by atoms with E-state index in [-0.39, 0.29) is 16.4 Å². The number of hydrogen-bond acceptors (Lipinski definition) is 5. The first-order chi connectivity index (χ1) is 14.7. The predicted octanol–water partition coefficient (Wildman–Crippen LogP) is 5.91. The Morgan fingerprint density at radius 1 is 1.00 bits per heavy atom. The van der Waals surface area contributed by atoms with E-state index in [2.05, 4.69) is 22.0 Å². The first-order valence-electron chi connectivity index (χ1n) is 9.31. The minimum absolute atomic E-state index is 0.0362. The van der Waals surface area contributed by atoms with E-state index in [1.165, 1.54) is 19.2 Å². The maximum atomic E-state index is 12.7. The molecule has 0 heterocycles. The summed E-state index contributed by atoms with van der Waals surface area (Å²) >= 11 is 3.37. The normalized spacial score (nSPS) is 11.6. The standard InChI is InChI=1S/C24H20BrNO4S/c1-16-4-8-19(9-5-16)20(15-26)12-18-13-22(25)24(23(14-18)29-3)30-31(27,28)21-10-6-17(2)7-11-21/h4-14H,1-3H3/b20-12+. The van der Waals surface area contributed by atoms with Gasteiger partial charge in [-0.15, -0.1) is 0 Å². The summed E-state index contributed by atoms with van der Waals surface area (Å²) in [6.07, 6.45) is 1.70. The fourth-order valence-electron chi connectivity index (χ4n) is 2.85. The van der Waals surface area contributed by atoms with Crippen LogP contribution in [0.1, 0.15) is 22.3 Å². The average Bonchev–Trinajstić information content (AvgIpc) is 2.74. The summed E-state index contributed by atoms with van der Waals surface area (Å²) in [5.74, 6) is 0.256. The quantitative estimate of drug-likeness (QED) is 0.240. The van der Waals surface area contributed by atoms with Crippen LogP contribution in [0, 0.1) is 25.2 Å². The van der Waals surface area contributed by atoms with Crippen molar-refractivity contribution in [3.63, 3.8) is 0 Å². The van der Waals surface area contributed by atoms with Gasteiger partial charge in [0.25, 0.3) is 0 Å². The zero-order chi connectivity index (χ0) is 22.6. The Morgan fingerprint density at radius 2 is 1.58 bits per heavy atom. The van der Waals surface area contributed by atoms with Crippen LogP contribution >= 0.6 is 15.9 Å². The second-order valence-corrected chi connectivity index (χ2v) is 9.32. The van der Waals surface area contributed by atoms with E-state index in [0.717, 1.165) is 16.7 Å². The number of nitrogens with zero attached hydrogens (tertiary/aromatic N) is 1. The second kappa shape index (κ2) is 9.38. The van der Waals surface area contributed by atoms with Gasteiger partial charge in [0.15, 0.2) is 11.5 Å². The summed E-state index contributed by atoms with van der Waals surface area (Å²) < 4.78 is 36.5. The van der Waals surface area contributed by atoms with Gasteiger partial charge >= 0.3 is 10.1 Å². The van der Waals surface area contributed by atoms with Crippen molar-refractivity contribution in [1.29, 1.82) is 5.26 Å². The van der Waals surface area contributed by atoms with E-state index in [1.807, 2.05) is 38.1 Å². The van der Waals surface area contributed by atoms with Crippen molar-refractivity contribution >= 4 is 37.7 Å². The summed E-state index contributed by atoms with van der Waals surface area (Å²) in [4.78, 5) is 0.0437. The smallest absolute Gasteiger partial charge is 0.339 e. The van der Waals surface area contributed by atoms with Crippen LogP contribution in [0.2, 0.25) is 0 Å². The van der Waals surface area contributed by atoms with Gasteiger partial charge < -0.3 is 8.92 Å². The third-order valence-corrected chi connectivity index (χ3v) is 6.37. The highest BCUT2D eigenvalue weighted by Crippen LogP contribution is 2.39. The zero-order valence-corrected chi connectivity index (χ0v) is 19.6. The van der Waals surface area contributed by atoms with Gasteiger partial charge in [0.2, 0.25) is 0 Å². The molecule has 0 saturated carbocycles.